The van der Waals surface area contributed by atoms with E-state index < -0.39 is 15.7 Å². The van der Waals surface area contributed by atoms with E-state index in [1.807, 2.05) is 13.0 Å². The van der Waals surface area contributed by atoms with E-state index in [9.17, 15) is 8.42 Å². The van der Waals surface area contributed by atoms with E-state index in [0.29, 0.717) is 24.3 Å². The van der Waals surface area contributed by atoms with Crippen LogP contribution in [0.4, 0.5) is 0 Å². The van der Waals surface area contributed by atoms with Gasteiger partial charge in [0, 0.05) is 18.9 Å². The summed E-state index contributed by atoms with van der Waals surface area (Å²) >= 11 is 0. The van der Waals surface area contributed by atoms with Crippen LogP contribution in [0.3, 0.4) is 0 Å². The van der Waals surface area contributed by atoms with Gasteiger partial charge in [0.05, 0.1) is 11.5 Å². The Kier molecular flexibility index (Phi) is 3.58. The summed E-state index contributed by atoms with van der Waals surface area (Å²) < 4.78 is 33.4. The van der Waals surface area contributed by atoms with E-state index in [4.69, 9.17) is 4.74 Å². The Morgan fingerprint density at radius 3 is 2.55 bits per heavy atom. The molecule has 2 fully saturated rings. The van der Waals surface area contributed by atoms with Crippen molar-refractivity contribution in [1.29, 1.82) is 0 Å². The van der Waals surface area contributed by atoms with Crippen LogP contribution < -0.4 is 5.32 Å². The second kappa shape index (κ2) is 5.11. The fourth-order valence-electron chi connectivity index (χ4n) is 3.15. The third-order valence-electron chi connectivity index (χ3n) is 4.08. The van der Waals surface area contributed by atoms with Gasteiger partial charge >= 0.3 is 0 Å². The monoisotopic (exact) mass is 296 g/mol. The van der Waals surface area contributed by atoms with Crippen molar-refractivity contribution >= 4 is 10.0 Å². The number of hydrogen-bond acceptors (Lipinski definition) is 4. The minimum Gasteiger partial charge on any atom is -0.358 e. The maximum Gasteiger partial charge on any atom is 0.245 e. The minimum atomic E-state index is -3.52. The van der Waals surface area contributed by atoms with Gasteiger partial charge in [0.15, 0.2) is 0 Å². The van der Waals surface area contributed by atoms with Crippen LogP contribution in [0.1, 0.15) is 19.8 Å². The van der Waals surface area contributed by atoms with Crippen LogP contribution in [0.5, 0.6) is 0 Å². The van der Waals surface area contributed by atoms with Crippen LogP contribution in [-0.4, -0.2) is 44.2 Å². The quantitative estimate of drug-likeness (QED) is 0.890. The molecule has 2 saturated heterocycles. The Bertz CT molecular complexity index is 562. The first-order valence-corrected chi connectivity index (χ1v) is 8.45. The molecule has 1 atom stereocenters. The lowest BCUT2D eigenvalue weighted by molar-refractivity contribution is -0.0713. The molecule has 1 aromatic rings. The van der Waals surface area contributed by atoms with Crippen molar-refractivity contribution in [2.75, 3.05) is 19.7 Å². The molecular formula is C14H20N2O3S. The third kappa shape index (κ3) is 2.16. The lowest BCUT2D eigenvalue weighted by atomic mass is 10.0. The first-order valence-electron chi connectivity index (χ1n) is 7.01. The number of hydrogen-bond donors (Lipinski definition) is 1. The molecule has 20 heavy (non-hydrogen) atoms. The molecule has 3 rings (SSSR count). The Morgan fingerprint density at radius 2 is 1.90 bits per heavy atom. The number of sulfonamides is 1. The average Bonchev–Trinajstić information content (AvgIpc) is 2.78. The summed E-state index contributed by atoms with van der Waals surface area (Å²) in [6.07, 6.45) is 1.40. The molecule has 0 bridgehead atoms. The van der Waals surface area contributed by atoms with E-state index >= 15 is 0 Å². The van der Waals surface area contributed by atoms with E-state index in [2.05, 4.69) is 5.32 Å². The molecule has 2 aliphatic rings. The van der Waals surface area contributed by atoms with Crippen LogP contribution >= 0.6 is 0 Å². The molecular weight excluding hydrogens is 276 g/mol. The van der Waals surface area contributed by atoms with Crippen LogP contribution in [0.25, 0.3) is 0 Å². The van der Waals surface area contributed by atoms with Gasteiger partial charge in [0.1, 0.15) is 5.72 Å². The van der Waals surface area contributed by atoms with Crippen molar-refractivity contribution in [3.05, 3.63) is 30.3 Å². The van der Waals surface area contributed by atoms with Gasteiger partial charge in [-0.2, -0.15) is 4.31 Å². The fourth-order valence-corrected chi connectivity index (χ4v) is 5.09. The van der Waals surface area contributed by atoms with Crippen molar-refractivity contribution in [2.45, 2.75) is 36.4 Å². The summed E-state index contributed by atoms with van der Waals surface area (Å²) in [5.41, 5.74) is -0.667. The summed E-state index contributed by atoms with van der Waals surface area (Å²) in [5.74, 6) is 0. The van der Waals surface area contributed by atoms with Crippen molar-refractivity contribution in [3.8, 4) is 0 Å². The van der Waals surface area contributed by atoms with Crippen molar-refractivity contribution in [2.24, 2.45) is 0 Å². The number of piperidine rings is 1. The highest BCUT2D eigenvalue weighted by Gasteiger charge is 2.52. The first kappa shape index (κ1) is 14.0. The lowest BCUT2D eigenvalue weighted by Gasteiger charge is -2.40. The highest BCUT2D eigenvalue weighted by atomic mass is 32.2. The van der Waals surface area contributed by atoms with Crippen LogP contribution in [-0.2, 0) is 14.8 Å². The summed E-state index contributed by atoms with van der Waals surface area (Å²) in [7, 11) is -3.52. The predicted octanol–water partition coefficient (Wildman–Crippen LogP) is 1.18. The number of ether oxygens (including phenoxy) is 1. The molecule has 6 heteroatoms. The van der Waals surface area contributed by atoms with Crippen molar-refractivity contribution < 1.29 is 13.2 Å². The zero-order chi connectivity index (χ0) is 14.2. The summed E-state index contributed by atoms with van der Waals surface area (Å²) in [6, 6.07) is 8.50. The largest absolute Gasteiger partial charge is 0.358 e. The Hall–Kier alpha value is -0.950. The van der Waals surface area contributed by atoms with Gasteiger partial charge in [-0.3, -0.25) is 0 Å². The second-order valence-corrected chi connectivity index (χ2v) is 7.29. The maximum atomic E-state index is 12.9. The molecule has 1 aromatic carbocycles. The molecule has 0 aromatic heterocycles. The van der Waals surface area contributed by atoms with Gasteiger partial charge in [-0.1, -0.05) is 18.2 Å². The van der Waals surface area contributed by atoms with E-state index in [-0.39, 0.29) is 6.04 Å². The molecule has 0 saturated carbocycles. The Balaban J connectivity index is 2.02. The predicted molar refractivity (Wildman–Crippen MR) is 75.7 cm³/mol. The zero-order valence-electron chi connectivity index (χ0n) is 11.6. The van der Waals surface area contributed by atoms with Crippen LogP contribution in [0, 0.1) is 0 Å². The summed E-state index contributed by atoms with van der Waals surface area (Å²) in [5, 5.41) is 3.26. The van der Waals surface area contributed by atoms with E-state index in [0.717, 1.165) is 13.1 Å². The molecule has 2 aliphatic heterocycles. The minimum absolute atomic E-state index is 0.127. The molecule has 110 valence electrons. The number of nitrogens with zero attached hydrogens (tertiary/aromatic N) is 1. The SMILES string of the molecule is CC1COC2(CCNCC2)N1S(=O)(=O)c1ccccc1. The number of benzene rings is 1. The summed E-state index contributed by atoms with van der Waals surface area (Å²) in [6.45, 7) is 3.95. The van der Waals surface area contributed by atoms with Gasteiger partial charge in [-0.25, -0.2) is 8.42 Å². The van der Waals surface area contributed by atoms with E-state index in [1.54, 1.807) is 28.6 Å². The summed E-state index contributed by atoms with van der Waals surface area (Å²) in [4.78, 5) is 0.343. The molecule has 1 unspecified atom stereocenters. The Morgan fingerprint density at radius 1 is 1.25 bits per heavy atom. The molecule has 2 heterocycles. The number of rotatable bonds is 2. The van der Waals surface area contributed by atoms with Gasteiger partial charge in [-0.15, -0.1) is 0 Å². The zero-order valence-corrected chi connectivity index (χ0v) is 12.4. The highest BCUT2D eigenvalue weighted by molar-refractivity contribution is 7.89. The van der Waals surface area contributed by atoms with Gasteiger partial charge in [-0.05, 0) is 32.1 Å². The van der Waals surface area contributed by atoms with Crippen LogP contribution in [0.2, 0.25) is 0 Å². The topological polar surface area (TPSA) is 58.6 Å². The smallest absolute Gasteiger partial charge is 0.245 e. The number of nitrogens with one attached hydrogen (secondary N) is 1. The molecule has 1 N–H and O–H groups in total. The molecule has 5 nitrogen and oxygen atoms in total. The van der Waals surface area contributed by atoms with E-state index in [1.165, 1.54) is 0 Å². The normalized spacial score (nSPS) is 26.9. The third-order valence-corrected chi connectivity index (χ3v) is 6.16. The lowest BCUT2D eigenvalue weighted by Crippen LogP contribution is -2.55. The molecule has 0 aliphatic carbocycles. The van der Waals surface area contributed by atoms with Crippen molar-refractivity contribution in [3.63, 3.8) is 0 Å². The average molecular weight is 296 g/mol. The van der Waals surface area contributed by atoms with Gasteiger partial charge < -0.3 is 10.1 Å². The maximum absolute atomic E-state index is 12.9. The molecule has 0 radical (unpaired) electrons. The highest BCUT2D eigenvalue weighted by Crippen LogP contribution is 2.39. The standard InChI is InChI=1S/C14H20N2O3S/c1-12-11-19-14(7-9-15-10-8-14)16(12)20(17,18)13-5-3-2-4-6-13/h2-6,12,15H,7-11H2,1H3. The van der Waals surface area contributed by atoms with Gasteiger partial charge in [0.25, 0.3) is 0 Å². The van der Waals surface area contributed by atoms with Gasteiger partial charge in [0.2, 0.25) is 10.0 Å². The fraction of sp³-hybridized carbons (Fsp3) is 0.571. The van der Waals surface area contributed by atoms with Crippen LogP contribution in [0.15, 0.2) is 35.2 Å². The molecule has 1 spiro atoms. The van der Waals surface area contributed by atoms with Crippen molar-refractivity contribution in [1.82, 2.24) is 9.62 Å². The first-order chi connectivity index (χ1) is 9.56. The Labute approximate surface area is 120 Å². The molecule has 0 amide bonds. The second-order valence-electron chi connectivity index (χ2n) is 5.47.